The van der Waals surface area contributed by atoms with Crippen LogP contribution < -0.4 is 0 Å². The van der Waals surface area contributed by atoms with Gasteiger partial charge in [-0.2, -0.15) is 0 Å². The molecule has 1 N–H and O–H groups in total. The molecule has 0 aromatic rings. The highest BCUT2D eigenvalue weighted by molar-refractivity contribution is 4.62. The van der Waals surface area contributed by atoms with Gasteiger partial charge < -0.3 is 9.84 Å². The summed E-state index contributed by atoms with van der Waals surface area (Å²) in [6, 6.07) is 0. The molecule has 0 aromatic heterocycles. The number of aliphatic hydroxyl groups is 1. The second-order valence-corrected chi connectivity index (χ2v) is 3.83. The predicted octanol–water partition coefficient (Wildman–Crippen LogP) is 2.85. The molecule has 1 unspecified atom stereocenters. The van der Waals surface area contributed by atoms with Gasteiger partial charge in [-0.05, 0) is 18.8 Å². The van der Waals surface area contributed by atoms with Crippen molar-refractivity contribution in [2.24, 2.45) is 5.92 Å². The molecule has 0 saturated heterocycles. The first-order valence-corrected chi connectivity index (χ1v) is 5.64. The Bertz CT molecular complexity index is 139. The summed E-state index contributed by atoms with van der Waals surface area (Å²) in [6.45, 7) is 3.87. The van der Waals surface area contributed by atoms with Gasteiger partial charge in [-0.3, -0.25) is 0 Å². The summed E-state index contributed by atoms with van der Waals surface area (Å²) in [7, 11) is 0. The Labute approximate surface area is 90.6 Å². The highest BCUT2D eigenvalue weighted by atomic mass is 19.3. The highest BCUT2D eigenvalue weighted by Crippen LogP contribution is 2.16. The highest BCUT2D eigenvalue weighted by Gasteiger charge is 2.11. The van der Waals surface area contributed by atoms with E-state index in [1.807, 2.05) is 0 Å². The van der Waals surface area contributed by atoms with E-state index < -0.39 is 19.1 Å². The average Bonchev–Trinajstić information content (AvgIpc) is 2.20. The molecule has 0 amide bonds. The van der Waals surface area contributed by atoms with Crippen molar-refractivity contribution in [3.63, 3.8) is 0 Å². The number of alkyl halides is 2. The van der Waals surface area contributed by atoms with Gasteiger partial charge in [0.25, 0.3) is 6.43 Å². The van der Waals surface area contributed by atoms with E-state index in [0.29, 0.717) is 12.3 Å². The molecule has 15 heavy (non-hydrogen) atoms. The smallest absolute Gasteiger partial charge is 0.261 e. The van der Waals surface area contributed by atoms with Gasteiger partial charge in [-0.1, -0.05) is 26.7 Å². The Morgan fingerprint density at radius 3 is 2.27 bits per heavy atom. The van der Waals surface area contributed by atoms with E-state index in [-0.39, 0.29) is 6.61 Å². The summed E-state index contributed by atoms with van der Waals surface area (Å²) in [5.41, 5.74) is 0. The fraction of sp³-hybridized carbons (Fsp3) is 1.00. The van der Waals surface area contributed by atoms with Gasteiger partial charge >= 0.3 is 0 Å². The van der Waals surface area contributed by atoms with Gasteiger partial charge in [0.05, 0.1) is 6.10 Å². The Kier molecular flexibility index (Phi) is 8.91. The molecule has 0 radical (unpaired) electrons. The van der Waals surface area contributed by atoms with Gasteiger partial charge in [0.15, 0.2) is 0 Å². The number of halogens is 2. The monoisotopic (exact) mass is 224 g/mol. The summed E-state index contributed by atoms with van der Waals surface area (Å²) >= 11 is 0. The molecule has 2 nitrogen and oxygen atoms in total. The summed E-state index contributed by atoms with van der Waals surface area (Å²) in [5, 5.41) is 9.58. The van der Waals surface area contributed by atoms with E-state index >= 15 is 0 Å². The van der Waals surface area contributed by atoms with E-state index in [1.165, 1.54) is 0 Å². The molecule has 92 valence electrons. The van der Waals surface area contributed by atoms with Crippen molar-refractivity contribution in [1.29, 1.82) is 0 Å². The zero-order valence-corrected chi connectivity index (χ0v) is 9.59. The molecule has 0 aromatic carbocycles. The van der Waals surface area contributed by atoms with Crippen LogP contribution in [-0.4, -0.2) is 30.8 Å². The molecule has 4 heteroatoms. The van der Waals surface area contributed by atoms with Gasteiger partial charge in [-0.25, -0.2) is 8.78 Å². The molecule has 1 atom stereocenters. The Morgan fingerprint density at radius 2 is 1.80 bits per heavy atom. The quantitative estimate of drug-likeness (QED) is 0.610. The molecule has 0 fully saturated rings. The molecule has 0 heterocycles. The lowest BCUT2D eigenvalue weighted by molar-refractivity contribution is 0.00235. The van der Waals surface area contributed by atoms with Gasteiger partial charge in [-0.15, -0.1) is 0 Å². The molecule has 0 rings (SSSR count). The fourth-order valence-electron chi connectivity index (χ4n) is 1.52. The zero-order valence-electron chi connectivity index (χ0n) is 9.59. The summed E-state index contributed by atoms with van der Waals surface area (Å²) < 4.78 is 28.1. The van der Waals surface area contributed by atoms with Gasteiger partial charge in [0.1, 0.15) is 6.61 Å². The number of hydrogen-bond acceptors (Lipinski definition) is 2. The second-order valence-electron chi connectivity index (χ2n) is 3.83. The minimum absolute atomic E-state index is 0.214. The SMILES string of the molecule is CCC(CC)CC(O)CCOCC(F)F. The van der Waals surface area contributed by atoms with Crippen molar-refractivity contribution in [1.82, 2.24) is 0 Å². The number of aliphatic hydroxyl groups excluding tert-OH is 1. The average molecular weight is 224 g/mol. The summed E-state index contributed by atoms with van der Waals surface area (Å²) in [4.78, 5) is 0. The maximum atomic E-state index is 11.7. The van der Waals surface area contributed by atoms with Crippen molar-refractivity contribution in [3.05, 3.63) is 0 Å². The van der Waals surface area contributed by atoms with E-state index in [0.717, 1.165) is 19.3 Å². The van der Waals surface area contributed by atoms with Crippen LogP contribution in [0.3, 0.4) is 0 Å². The molecule has 0 aliphatic heterocycles. The number of hydrogen-bond donors (Lipinski definition) is 1. The van der Waals surface area contributed by atoms with Gasteiger partial charge in [0, 0.05) is 6.61 Å². The van der Waals surface area contributed by atoms with Crippen LogP contribution in [-0.2, 0) is 4.74 Å². The molecule has 0 aliphatic carbocycles. The minimum Gasteiger partial charge on any atom is -0.393 e. The van der Waals surface area contributed by atoms with Crippen LogP contribution in [0.15, 0.2) is 0 Å². The van der Waals surface area contributed by atoms with Crippen LogP contribution >= 0.6 is 0 Å². The number of rotatable bonds is 9. The molecular weight excluding hydrogens is 202 g/mol. The van der Waals surface area contributed by atoms with E-state index in [9.17, 15) is 13.9 Å². The first-order chi connectivity index (χ1) is 7.10. The van der Waals surface area contributed by atoms with Crippen LogP contribution in [0.5, 0.6) is 0 Å². The van der Waals surface area contributed by atoms with Crippen LogP contribution in [0, 0.1) is 5.92 Å². The summed E-state index contributed by atoms with van der Waals surface area (Å²) in [6.07, 6.45) is 0.444. The molecule has 0 aliphatic rings. The van der Waals surface area contributed by atoms with Crippen LogP contribution in [0.2, 0.25) is 0 Å². The van der Waals surface area contributed by atoms with Crippen molar-refractivity contribution < 1.29 is 18.6 Å². The largest absolute Gasteiger partial charge is 0.393 e. The maximum Gasteiger partial charge on any atom is 0.261 e. The Balaban J connectivity index is 3.43. The lowest BCUT2D eigenvalue weighted by Crippen LogP contribution is -2.16. The molecule has 0 spiro atoms. The third-order valence-electron chi connectivity index (χ3n) is 2.60. The van der Waals surface area contributed by atoms with Crippen molar-refractivity contribution in [3.8, 4) is 0 Å². The van der Waals surface area contributed by atoms with Crippen LogP contribution in [0.25, 0.3) is 0 Å². The lowest BCUT2D eigenvalue weighted by Gasteiger charge is -2.17. The Morgan fingerprint density at radius 1 is 1.20 bits per heavy atom. The van der Waals surface area contributed by atoms with Crippen LogP contribution in [0.4, 0.5) is 8.78 Å². The normalized spacial score (nSPS) is 13.8. The second kappa shape index (κ2) is 9.04. The van der Waals surface area contributed by atoms with Crippen molar-refractivity contribution >= 4 is 0 Å². The third-order valence-corrected chi connectivity index (χ3v) is 2.60. The van der Waals surface area contributed by atoms with Gasteiger partial charge in [0.2, 0.25) is 0 Å². The van der Waals surface area contributed by atoms with E-state index in [4.69, 9.17) is 4.74 Å². The lowest BCUT2D eigenvalue weighted by atomic mass is 9.95. The molecular formula is C11H22F2O2. The van der Waals surface area contributed by atoms with Crippen molar-refractivity contribution in [2.75, 3.05) is 13.2 Å². The number of ether oxygens (including phenoxy) is 1. The first-order valence-electron chi connectivity index (χ1n) is 5.64. The third kappa shape index (κ3) is 8.75. The Hall–Kier alpha value is -0.220. The molecule has 0 bridgehead atoms. The van der Waals surface area contributed by atoms with Crippen molar-refractivity contribution in [2.45, 2.75) is 52.1 Å². The summed E-state index contributed by atoms with van der Waals surface area (Å²) in [5.74, 6) is 0.523. The molecule has 0 saturated carbocycles. The topological polar surface area (TPSA) is 29.5 Å². The first kappa shape index (κ1) is 14.8. The minimum atomic E-state index is -2.42. The van der Waals surface area contributed by atoms with E-state index in [1.54, 1.807) is 0 Å². The zero-order chi connectivity index (χ0) is 11.7. The van der Waals surface area contributed by atoms with E-state index in [2.05, 4.69) is 13.8 Å². The standard InChI is InChI=1S/C11H22F2O2/c1-3-9(4-2)7-10(14)5-6-15-8-11(12)13/h9-11,14H,3-8H2,1-2H3. The maximum absolute atomic E-state index is 11.7. The predicted molar refractivity (Wildman–Crippen MR) is 56.1 cm³/mol. The fourth-order valence-corrected chi connectivity index (χ4v) is 1.52. The van der Waals surface area contributed by atoms with Crippen LogP contribution in [0.1, 0.15) is 39.5 Å².